The van der Waals surface area contributed by atoms with Gasteiger partial charge in [0.05, 0.1) is 23.1 Å². The summed E-state index contributed by atoms with van der Waals surface area (Å²) in [6, 6.07) is 9.70. The number of carbonyl (C=O) groups is 1. The van der Waals surface area contributed by atoms with Crippen LogP contribution < -0.4 is 10.6 Å². The first-order valence-corrected chi connectivity index (χ1v) is 9.18. The second-order valence-electron chi connectivity index (χ2n) is 6.72. The van der Waals surface area contributed by atoms with Gasteiger partial charge in [0, 0.05) is 43.9 Å². The highest BCUT2D eigenvalue weighted by molar-refractivity contribution is 5.93. The van der Waals surface area contributed by atoms with Crippen LogP contribution in [-0.2, 0) is 13.6 Å². The molecule has 0 spiro atoms. The standard InChI is InChI=1S/C21H21N7O/c1-14-9-15(3-4-16(14)11-24-20(29)17-5-7-22-10-17)19-6-8-23-21(27-19)26-18-12-25-28(2)13-18/h3-10,12-13,22H,11H2,1-2H3,(H,24,29)(H,23,26,27). The molecule has 8 nitrogen and oxygen atoms in total. The first-order valence-electron chi connectivity index (χ1n) is 9.18. The number of aromatic amines is 1. The third-order valence-electron chi connectivity index (χ3n) is 4.55. The number of aryl methyl sites for hydroxylation is 2. The predicted octanol–water partition coefficient (Wildman–Crippen LogP) is 3.19. The van der Waals surface area contributed by atoms with Crippen LogP contribution in [0.4, 0.5) is 11.6 Å². The minimum atomic E-state index is -0.100. The summed E-state index contributed by atoms with van der Waals surface area (Å²) < 4.78 is 1.71. The number of hydrogen-bond acceptors (Lipinski definition) is 5. The zero-order valence-corrected chi connectivity index (χ0v) is 16.2. The Kier molecular flexibility index (Phi) is 5.07. The van der Waals surface area contributed by atoms with E-state index in [9.17, 15) is 4.79 Å². The van der Waals surface area contributed by atoms with E-state index in [-0.39, 0.29) is 5.91 Å². The molecule has 0 atom stereocenters. The second kappa shape index (κ2) is 7.97. The van der Waals surface area contributed by atoms with Crippen molar-refractivity contribution in [1.82, 2.24) is 30.0 Å². The monoisotopic (exact) mass is 387 g/mol. The second-order valence-corrected chi connectivity index (χ2v) is 6.72. The van der Waals surface area contributed by atoms with Crippen LogP contribution in [0.2, 0.25) is 0 Å². The molecule has 0 aliphatic heterocycles. The van der Waals surface area contributed by atoms with Gasteiger partial charge in [-0.2, -0.15) is 5.10 Å². The lowest BCUT2D eigenvalue weighted by Crippen LogP contribution is -2.22. The molecular formula is C21H21N7O. The lowest BCUT2D eigenvalue weighted by atomic mass is 10.0. The van der Waals surface area contributed by atoms with Gasteiger partial charge in [0.25, 0.3) is 5.91 Å². The highest BCUT2D eigenvalue weighted by Crippen LogP contribution is 2.22. The van der Waals surface area contributed by atoms with Crippen molar-refractivity contribution < 1.29 is 4.79 Å². The maximum absolute atomic E-state index is 12.1. The summed E-state index contributed by atoms with van der Waals surface area (Å²) >= 11 is 0. The fourth-order valence-electron chi connectivity index (χ4n) is 2.99. The Morgan fingerprint density at radius 1 is 1.24 bits per heavy atom. The average molecular weight is 387 g/mol. The lowest BCUT2D eigenvalue weighted by molar-refractivity contribution is 0.0951. The van der Waals surface area contributed by atoms with Crippen molar-refractivity contribution in [2.75, 3.05) is 5.32 Å². The first kappa shape index (κ1) is 18.4. The van der Waals surface area contributed by atoms with E-state index in [1.54, 1.807) is 35.5 Å². The van der Waals surface area contributed by atoms with Gasteiger partial charge in [-0.25, -0.2) is 9.97 Å². The van der Waals surface area contributed by atoms with Crippen molar-refractivity contribution in [3.8, 4) is 11.3 Å². The third kappa shape index (κ3) is 4.32. The first-order chi connectivity index (χ1) is 14.1. The van der Waals surface area contributed by atoms with E-state index in [0.29, 0.717) is 18.1 Å². The van der Waals surface area contributed by atoms with Crippen molar-refractivity contribution in [2.45, 2.75) is 13.5 Å². The molecule has 1 amide bonds. The molecule has 8 heteroatoms. The van der Waals surface area contributed by atoms with E-state index in [4.69, 9.17) is 0 Å². The Morgan fingerprint density at radius 2 is 2.14 bits per heavy atom. The average Bonchev–Trinajstić information content (AvgIpc) is 3.39. The SMILES string of the molecule is Cc1cc(-c2ccnc(Nc3cnn(C)c3)n2)ccc1CNC(=O)c1cc[nH]c1. The predicted molar refractivity (Wildman–Crippen MR) is 111 cm³/mol. The van der Waals surface area contributed by atoms with Crippen LogP contribution in [0.5, 0.6) is 0 Å². The molecule has 0 aliphatic carbocycles. The van der Waals surface area contributed by atoms with Gasteiger partial charge in [-0.05, 0) is 36.2 Å². The number of nitrogens with one attached hydrogen (secondary N) is 3. The van der Waals surface area contributed by atoms with Crippen molar-refractivity contribution in [2.24, 2.45) is 7.05 Å². The molecule has 0 fully saturated rings. The van der Waals surface area contributed by atoms with E-state index in [1.807, 2.05) is 38.4 Å². The Morgan fingerprint density at radius 3 is 2.86 bits per heavy atom. The molecule has 4 aromatic rings. The zero-order chi connectivity index (χ0) is 20.2. The van der Waals surface area contributed by atoms with E-state index in [2.05, 4.69) is 36.8 Å². The minimum Gasteiger partial charge on any atom is -0.367 e. The zero-order valence-electron chi connectivity index (χ0n) is 16.2. The fourth-order valence-corrected chi connectivity index (χ4v) is 2.99. The Bertz CT molecular complexity index is 1130. The van der Waals surface area contributed by atoms with Crippen molar-refractivity contribution in [3.05, 3.63) is 78.0 Å². The van der Waals surface area contributed by atoms with Gasteiger partial charge in [0.1, 0.15) is 0 Å². The molecule has 3 N–H and O–H groups in total. The van der Waals surface area contributed by atoms with Gasteiger partial charge >= 0.3 is 0 Å². The molecule has 0 bridgehead atoms. The van der Waals surface area contributed by atoms with Gasteiger partial charge in [-0.15, -0.1) is 0 Å². The smallest absolute Gasteiger partial charge is 0.253 e. The van der Waals surface area contributed by atoms with Crippen LogP contribution in [0.25, 0.3) is 11.3 Å². The molecule has 0 aliphatic rings. The Balaban J connectivity index is 1.47. The molecule has 0 unspecified atom stereocenters. The maximum Gasteiger partial charge on any atom is 0.253 e. The van der Waals surface area contributed by atoms with Crippen molar-refractivity contribution in [1.29, 1.82) is 0 Å². The van der Waals surface area contributed by atoms with E-state index in [1.165, 1.54) is 0 Å². The minimum absolute atomic E-state index is 0.100. The summed E-state index contributed by atoms with van der Waals surface area (Å²) in [7, 11) is 1.85. The number of H-pyrrole nitrogens is 1. The van der Waals surface area contributed by atoms with E-state index in [0.717, 1.165) is 28.1 Å². The molecule has 4 rings (SSSR count). The summed E-state index contributed by atoms with van der Waals surface area (Å²) in [5, 5.41) is 10.2. The number of rotatable bonds is 6. The molecule has 0 saturated heterocycles. The van der Waals surface area contributed by atoms with Crippen LogP contribution in [0, 0.1) is 6.92 Å². The number of amides is 1. The summed E-state index contributed by atoms with van der Waals surface area (Å²) in [5.74, 6) is 0.410. The number of benzene rings is 1. The van der Waals surface area contributed by atoms with Crippen LogP contribution in [0.1, 0.15) is 21.5 Å². The number of nitrogens with zero attached hydrogens (tertiary/aromatic N) is 4. The number of anilines is 2. The van der Waals surface area contributed by atoms with Gasteiger partial charge in [0.2, 0.25) is 5.95 Å². The quantitative estimate of drug-likeness (QED) is 0.472. The fraction of sp³-hybridized carbons (Fsp3) is 0.143. The molecule has 0 radical (unpaired) electrons. The summed E-state index contributed by atoms with van der Waals surface area (Å²) in [6.45, 7) is 2.49. The molecule has 3 heterocycles. The van der Waals surface area contributed by atoms with Crippen LogP contribution in [0.15, 0.2) is 61.3 Å². The molecule has 146 valence electrons. The van der Waals surface area contributed by atoms with Crippen molar-refractivity contribution in [3.63, 3.8) is 0 Å². The summed E-state index contributed by atoms with van der Waals surface area (Å²) in [4.78, 5) is 23.9. The molecule has 29 heavy (non-hydrogen) atoms. The Hall–Kier alpha value is -3.94. The number of carbonyl (C=O) groups excluding carboxylic acids is 1. The molecule has 1 aromatic carbocycles. The van der Waals surface area contributed by atoms with Crippen LogP contribution in [0.3, 0.4) is 0 Å². The Labute approximate surface area is 168 Å². The summed E-state index contributed by atoms with van der Waals surface area (Å²) in [6.07, 6.45) is 8.71. The third-order valence-corrected chi connectivity index (χ3v) is 4.55. The van der Waals surface area contributed by atoms with Crippen molar-refractivity contribution >= 4 is 17.5 Å². The molecular weight excluding hydrogens is 366 g/mol. The molecule has 3 aromatic heterocycles. The summed E-state index contributed by atoms with van der Waals surface area (Å²) in [5.41, 5.74) is 5.39. The topological polar surface area (TPSA) is 101 Å². The largest absolute Gasteiger partial charge is 0.367 e. The van der Waals surface area contributed by atoms with Gasteiger partial charge in [-0.1, -0.05) is 12.1 Å². The molecule has 0 saturated carbocycles. The van der Waals surface area contributed by atoms with Crippen LogP contribution in [-0.4, -0.2) is 30.6 Å². The van der Waals surface area contributed by atoms with Gasteiger partial charge < -0.3 is 15.6 Å². The number of hydrogen-bond donors (Lipinski definition) is 3. The highest BCUT2D eigenvalue weighted by Gasteiger charge is 2.09. The van der Waals surface area contributed by atoms with E-state index < -0.39 is 0 Å². The maximum atomic E-state index is 12.1. The lowest BCUT2D eigenvalue weighted by Gasteiger charge is -2.10. The van der Waals surface area contributed by atoms with Gasteiger partial charge in [-0.3, -0.25) is 9.48 Å². The van der Waals surface area contributed by atoms with Gasteiger partial charge in [0.15, 0.2) is 0 Å². The van der Waals surface area contributed by atoms with E-state index >= 15 is 0 Å². The van der Waals surface area contributed by atoms with Crippen LogP contribution >= 0.6 is 0 Å². The number of aromatic nitrogens is 5. The highest BCUT2D eigenvalue weighted by atomic mass is 16.1. The normalized spacial score (nSPS) is 10.7.